The molecule has 0 amide bonds. The summed E-state index contributed by atoms with van der Waals surface area (Å²) in [4.78, 5) is 24.4. The molecular formula is C32H36O7. The minimum absolute atomic E-state index is 0.00430. The van der Waals surface area contributed by atoms with E-state index in [4.69, 9.17) is 23.7 Å². The average molecular weight is 533 g/mol. The number of carbonyl (C=O) groups is 2. The Labute approximate surface area is 230 Å². The van der Waals surface area contributed by atoms with E-state index in [9.17, 15) is 9.59 Å². The van der Waals surface area contributed by atoms with Crippen LogP contribution in [0.1, 0.15) is 44.4 Å². The van der Waals surface area contributed by atoms with Crippen molar-refractivity contribution in [2.75, 3.05) is 13.7 Å². The third-order valence-corrected chi connectivity index (χ3v) is 7.12. The van der Waals surface area contributed by atoms with Crippen molar-refractivity contribution in [1.29, 1.82) is 0 Å². The standard InChI is InChI=1S/C32H36O7/c1-22(33)37-28-27(39-30(35-5)31(3,4)29(28)38-23(2)34)21-36-32(24-15-9-6-10-16-24,25-17-11-7-12-18-25)26-19-13-8-14-20-26/h6-20,27-30H,21H2,1-5H3. The number of benzene rings is 3. The first-order valence-electron chi connectivity index (χ1n) is 13.0. The fourth-order valence-corrected chi connectivity index (χ4v) is 5.36. The van der Waals surface area contributed by atoms with Crippen molar-refractivity contribution in [1.82, 2.24) is 0 Å². The summed E-state index contributed by atoms with van der Waals surface area (Å²) in [7, 11) is 1.53. The number of carbonyl (C=O) groups excluding carboxylic acids is 2. The van der Waals surface area contributed by atoms with Gasteiger partial charge in [0.25, 0.3) is 0 Å². The van der Waals surface area contributed by atoms with Crippen molar-refractivity contribution < 1.29 is 33.3 Å². The van der Waals surface area contributed by atoms with Gasteiger partial charge in [0.05, 0.1) is 12.0 Å². The third kappa shape index (κ3) is 5.91. The van der Waals surface area contributed by atoms with Crippen molar-refractivity contribution in [3.8, 4) is 0 Å². The highest BCUT2D eigenvalue weighted by Crippen LogP contribution is 2.44. The van der Waals surface area contributed by atoms with Crippen molar-refractivity contribution in [3.63, 3.8) is 0 Å². The first kappa shape index (κ1) is 28.5. The van der Waals surface area contributed by atoms with E-state index in [0.29, 0.717) is 0 Å². The lowest BCUT2D eigenvalue weighted by molar-refractivity contribution is -0.314. The second-order valence-corrected chi connectivity index (χ2v) is 10.3. The van der Waals surface area contributed by atoms with Crippen LogP contribution in [0.3, 0.4) is 0 Å². The van der Waals surface area contributed by atoms with E-state index in [-0.39, 0.29) is 6.61 Å². The Morgan fingerprint density at radius 1 is 0.769 bits per heavy atom. The second-order valence-electron chi connectivity index (χ2n) is 10.3. The van der Waals surface area contributed by atoms with Gasteiger partial charge in [0.15, 0.2) is 18.5 Å². The lowest BCUT2D eigenvalue weighted by Gasteiger charge is -2.50. The van der Waals surface area contributed by atoms with Crippen LogP contribution in [-0.2, 0) is 38.9 Å². The number of hydrogen-bond acceptors (Lipinski definition) is 7. The van der Waals surface area contributed by atoms with Crippen LogP contribution in [0.5, 0.6) is 0 Å². The van der Waals surface area contributed by atoms with Gasteiger partial charge in [-0.05, 0) is 16.7 Å². The molecule has 0 aliphatic carbocycles. The molecule has 1 heterocycles. The topological polar surface area (TPSA) is 80.3 Å². The van der Waals surface area contributed by atoms with E-state index >= 15 is 0 Å². The van der Waals surface area contributed by atoms with Crippen LogP contribution in [-0.4, -0.2) is 50.3 Å². The maximum Gasteiger partial charge on any atom is 0.303 e. The molecule has 4 rings (SSSR count). The summed E-state index contributed by atoms with van der Waals surface area (Å²) in [6, 6.07) is 29.8. The number of methoxy groups -OCH3 is 1. The van der Waals surface area contributed by atoms with Crippen LogP contribution in [0.25, 0.3) is 0 Å². The van der Waals surface area contributed by atoms with Gasteiger partial charge in [0.1, 0.15) is 11.7 Å². The highest BCUT2D eigenvalue weighted by molar-refractivity contribution is 5.67. The van der Waals surface area contributed by atoms with Crippen molar-refractivity contribution in [2.45, 2.75) is 57.9 Å². The first-order chi connectivity index (χ1) is 18.7. The van der Waals surface area contributed by atoms with Gasteiger partial charge in [-0.2, -0.15) is 0 Å². The van der Waals surface area contributed by atoms with Crippen molar-refractivity contribution in [2.24, 2.45) is 5.41 Å². The Balaban J connectivity index is 1.81. The molecule has 0 spiro atoms. The van der Waals surface area contributed by atoms with Crippen molar-refractivity contribution >= 4 is 11.9 Å². The molecule has 0 aromatic heterocycles. The minimum Gasteiger partial charge on any atom is -0.458 e. The molecule has 39 heavy (non-hydrogen) atoms. The van der Waals surface area contributed by atoms with Gasteiger partial charge >= 0.3 is 11.9 Å². The molecule has 7 nitrogen and oxygen atoms in total. The Kier molecular flexibility index (Phi) is 8.85. The molecule has 206 valence electrons. The van der Waals surface area contributed by atoms with E-state index in [2.05, 4.69) is 0 Å². The molecule has 0 bridgehead atoms. The number of hydrogen-bond donors (Lipinski definition) is 0. The quantitative estimate of drug-likeness (QED) is 0.275. The van der Waals surface area contributed by atoms with Gasteiger partial charge in [-0.1, -0.05) is 105 Å². The van der Waals surface area contributed by atoms with Gasteiger partial charge < -0.3 is 23.7 Å². The summed E-state index contributed by atoms with van der Waals surface area (Å²) in [5.74, 6) is -1.01. The van der Waals surface area contributed by atoms with Crippen LogP contribution in [0.2, 0.25) is 0 Å². The molecule has 0 N–H and O–H groups in total. The van der Waals surface area contributed by atoms with Crippen LogP contribution in [0.4, 0.5) is 0 Å². The summed E-state index contributed by atoms with van der Waals surface area (Å²) in [6.07, 6.45) is -3.30. The summed E-state index contributed by atoms with van der Waals surface area (Å²) in [5, 5.41) is 0. The number of esters is 2. The lowest BCUT2D eigenvalue weighted by atomic mass is 9.78. The van der Waals surface area contributed by atoms with Gasteiger partial charge in [0, 0.05) is 21.0 Å². The zero-order valence-electron chi connectivity index (χ0n) is 23.0. The summed E-state index contributed by atoms with van der Waals surface area (Å²) in [5.41, 5.74) is 0.930. The molecule has 1 saturated heterocycles. The van der Waals surface area contributed by atoms with Crippen molar-refractivity contribution in [3.05, 3.63) is 108 Å². The molecular weight excluding hydrogens is 496 g/mol. The van der Waals surface area contributed by atoms with Gasteiger partial charge in [-0.25, -0.2) is 0 Å². The summed E-state index contributed by atoms with van der Waals surface area (Å²) >= 11 is 0. The monoisotopic (exact) mass is 532 g/mol. The van der Waals surface area contributed by atoms with Crippen LogP contribution >= 0.6 is 0 Å². The third-order valence-electron chi connectivity index (χ3n) is 7.12. The fraction of sp³-hybridized carbons (Fsp3) is 0.375. The van der Waals surface area contributed by atoms with Crippen LogP contribution < -0.4 is 0 Å². The SMILES string of the molecule is COC1OC(COC(c2ccccc2)(c2ccccc2)c2ccccc2)C(OC(C)=O)C(OC(C)=O)C1(C)C. The first-order valence-corrected chi connectivity index (χ1v) is 13.0. The highest BCUT2D eigenvalue weighted by atomic mass is 16.7. The van der Waals surface area contributed by atoms with Crippen LogP contribution in [0, 0.1) is 5.41 Å². The predicted molar refractivity (Wildman–Crippen MR) is 146 cm³/mol. The van der Waals surface area contributed by atoms with E-state index in [1.165, 1.54) is 21.0 Å². The van der Waals surface area contributed by atoms with Gasteiger partial charge in [-0.15, -0.1) is 0 Å². The maximum absolute atomic E-state index is 12.2. The molecule has 4 atom stereocenters. The second kappa shape index (κ2) is 12.1. The fourth-order valence-electron chi connectivity index (χ4n) is 5.36. The summed E-state index contributed by atoms with van der Waals surface area (Å²) < 4.78 is 30.5. The number of ether oxygens (including phenoxy) is 5. The summed E-state index contributed by atoms with van der Waals surface area (Å²) in [6.45, 7) is 6.36. The molecule has 1 aliphatic heterocycles. The Morgan fingerprint density at radius 3 is 1.59 bits per heavy atom. The largest absolute Gasteiger partial charge is 0.458 e. The smallest absolute Gasteiger partial charge is 0.303 e. The zero-order valence-corrected chi connectivity index (χ0v) is 23.0. The molecule has 0 radical (unpaired) electrons. The molecule has 1 fully saturated rings. The predicted octanol–water partition coefficient (Wildman–Crippen LogP) is 5.26. The number of rotatable bonds is 9. The van der Waals surface area contributed by atoms with E-state index in [1.807, 2.05) is 105 Å². The van der Waals surface area contributed by atoms with Crippen LogP contribution in [0.15, 0.2) is 91.0 Å². The Bertz CT molecular complexity index is 1130. The Morgan fingerprint density at radius 2 is 1.21 bits per heavy atom. The molecule has 4 unspecified atom stereocenters. The zero-order chi connectivity index (χ0) is 28.0. The van der Waals surface area contributed by atoms with E-state index in [0.717, 1.165) is 16.7 Å². The molecule has 3 aromatic rings. The maximum atomic E-state index is 12.2. The van der Waals surface area contributed by atoms with E-state index < -0.39 is 47.6 Å². The van der Waals surface area contributed by atoms with Gasteiger partial charge in [-0.3, -0.25) is 9.59 Å². The molecule has 7 heteroatoms. The Hall–Kier alpha value is -3.52. The normalized spacial score (nSPS) is 22.6. The highest BCUT2D eigenvalue weighted by Gasteiger charge is 2.55. The van der Waals surface area contributed by atoms with Gasteiger partial charge in [0.2, 0.25) is 0 Å². The lowest BCUT2D eigenvalue weighted by Crippen LogP contribution is -2.63. The average Bonchev–Trinajstić information content (AvgIpc) is 2.93. The minimum atomic E-state index is -1.01. The molecule has 3 aromatic carbocycles. The van der Waals surface area contributed by atoms with E-state index in [1.54, 1.807) is 0 Å². The molecule has 1 aliphatic rings. The molecule has 0 saturated carbocycles.